The third kappa shape index (κ3) is 5.95. The van der Waals surface area contributed by atoms with E-state index in [9.17, 15) is 0 Å². The largest absolute Gasteiger partial charge is 0.374 e. The molecule has 0 unspecified atom stereocenters. The van der Waals surface area contributed by atoms with Crippen LogP contribution >= 0.6 is 0 Å². The lowest BCUT2D eigenvalue weighted by Crippen LogP contribution is -2.72. The molecule has 0 amide bonds. The summed E-state index contributed by atoms with van der Waals surface area (Å²) < 4.78 is 44.6. The minimum absolute atomic E-state index is 0.303. The fourth-order valence-corrected chi connectivity index (χ4v) is 5.25. The summed E-state index contributed by atoms with van der Waals surface area (Å²) in [6, 6.07) is 30.2. The SMILES string of the molecule is CO[C@@]1(C)O[C@H]2[C@H](O[C@]1(C)OC)[C@@H](COCc1ccccc1)O[C@@H](c1ccccc1)[C@H]2OCc1ccccc1. The monoisotopic (exact) mass is 534 g/mol. The Hall–Kier alpha value is -2.62. The van der Waals surface area contributed by atoms with Gasteiger partial charge in [0.1, 0.15) is 30.5 Å². The Labute approximate surface area is 230 Å². The molecule has 7 heteroatoms. The predicted molar refractivity (Wildman–Crippen MR) is 146 cm³/mol. The normalized spacial score (nSPS) is 32.5. The van der Waals surface area contributed by atoms with Crippen molar-refractivity contribution in [1.82, 2.24) is 0 Å². The summed E-state index contributed by atoms with van der Waals surface area (Å²) in [7, 11) is 3.18. The first kappa shape index (κ1) is 27.9. The second-order valence-corrected chi connectivity index (χ2v) is 10.2. The highest BCUT2D eigenvalue weighted by Crippen LogP contribution is 2.47. The van der Waals surface area contributed by atoms with Crippen molar-refractivity contribution in [1.29, 1.82) is 0 Å². The fourth-order valence-electron chi connectivity index (χ4n) is 5.25. The molecule has 3 aromatic rings. The summed E-state index contributed by atoms with van der Waals surface area (Å²) in [6.45, 7) is 4.80. The van der Waals surface area contributed by atoms with Gasteiger partial charge in [-0.15, -0.1) is 0 Å². The first-order valence-electron chi connectivity index (χ1n) is 13.4. The van der Waals surface area contributed by atoms with E-state index in [1.807, 2.05) is 105 Å². The van der Waals surface area contributed by atoms with Crippen LogP contribution in [0.25, 0.3) is 0 Å². The lowest BCUT2D eigenvalue weighted by Gasteiger charge is -2.57. The molecule has 208 valence electrons. The molecule has 0 saturated carbocycles. The van der Waals surface area contributed by atoms with Crippen LogP contribution in [0.2, 0.25) is 0 Å². The molecule has 2 aliphatic heterocycles. The molecule has 0 spiro atoms. The third-order valence-corrected chi connectivity index (χ3v) is 7.77. The van der Waals surface area contributed by atoms with Gasteiger partial charge >= 0.3 is 0 Å². The quantitative estimate of drug-likeness (QED) is 0.343. The molecule has 5 rings (SSSR count). The van der Waals surface area contributed by atoms with Crippen LogP contribution in [-0.2, 0) is 46.4 Å². The van der Waals surface area contributed by atoms with Crippen LogP contribution in [0, 0.1) is 0 Å². The molecule has 0 bridgehead atoms. The molecule has 2 saturated heterocycles. The van der Waals surface area contributed by atoms with E-state index >= 15 is 0 Å². The number of fused-ring (bicyclic) bond motifs is 1. The summed E-state index contributed by atoms with van der Waals surface area (Å²) in [5.41, 5.74) is 3.13. The molecule has 0 radical (unpaired) electrons. The molecule has 0 N–H and O–H groups in total. The van der Waals surface area contributed by atoms with Crippen LogP contribution in [0.3, 0.4) is 0 Å². The summed E-state index contributed by atoms with van der Waals surface area (Å²) in [5.74, 6) is -2.38. The number of ether oxygens (including phenoxy) is 7. The Morgan fingerprint density at radius 3 is 1.74 bits per heavy atom. The molecule has 7 atom stereocenters. The zero-order valence-electron chi connectivity index (χ0n) is 23.0. The van der Waals surface area contributed by atoms with E-state index in [1.165, 1.54) is 0 Å². The first-order chi connectivity index (χ1) is 19.0. The van der Waals surface area contributed by atoms with Crippen molar-refractivity contribution < 1.29 is 33.2 Å². The smallest absolute Gasteiger partial charge is 0.220 e. The average molecular weight is 535 g/mol. The topological polar surface area (TPSA) is 64.6 Å². The van der Waals surface area contributed by atoms with Crippen molar-refractivity contribution in [3.63, 3.8) is 0 Å². The van der Waals surface area contributed by atoms with Gasteiger partial charge in [0.05, 0.1) is 19.8 Å². The zero-order valence-corrected chi connectivity index (χ0v) is 23.0. The molecule has 3 aromatic carbocycles. The second kappa shape index (κ2) is 12.3. The predicted octanol–water partition coefficient (Wildman–Crippen LogP) is 5.44. The van der Waals surface area contributed by atoms with Crippen LogP contribution in [0.15, 0.2) is 91.0 Å². The van der Waals surface area contributed by atoms with Gasteiger partial charge in [-0.3, -0.25) is 0 Å². The van der Waals surface area contributed by atoms with Crippen LogP contribution in [0.4, 0.5) is 0 Å². The lowest BCUT2D eigenvalue weighted by molar-refractivity contribution is -0.475. The molecular formula is C32H38O7. The van der Waals surface area contributed by atoms with Gasteiger partial charge in [0.2, 0.25) is 11.6 Å². The number of hydrogen-bond acceptors (Lipinski definition) is 7. The van der Waals surface area contributed by atoms with Gasteiger partial charge in [-0.1, -0.05) is 91.0 Å². The molecule has 7 nitrogen and oxygen atoms in total. The van der Waals surface area contributed by atoms with E-state index in [1.54, 1.807) is 14.2 Å². The first-order valence-corrected chi connectivity index (χ1v) is 13.4. The van der Waals surface area contributed by atoms with E-state index in [0.29, 0.717) is 19.8 Å². The highest BCUT2D eigenvalue weighted by molar-refractivity contribution is 5.22. The molecule has 2 heterocycles. The maximum absolute atomic E-state index is 6.77. The van der Waals surface area contributed by atoms with Crippen molar-refractivity contribution in [3.8, 4) is 0 Å². The summed E-state index contributed by atoms with van der Waals surface area (Å²) in [6.07, 6.45) is -2.41. The molecule has 39 heavy (non-hydrogen) atoms. The highest BCUT2D eigenvalue weighted by Gasteiger charge is 2.62. The van der Waals surface area contributed by atoms with Crippen molar-refractivity contribution in [2.75, 3.05) is 20.8 Å². The van der Waals surface area contributed by atoms with Crippen molar-refractivity contribution in [2.24, 2.45) is 0 Å². The zero-order chi connectivity index (χ0) is 27.3. The second-order valence-electron chi connectivity index (χ2n) is 10.2. The van der Waals surface area contributed by atoms with Crippen LogP contribution < -0.4 is 0 Å². The third-order valence-electron chi connectivity index (χ3n) is 7.77. The summed E-state index contributed by atoms with van der Waals surface area (Å²) in [5, 5.41) is 0. The number of hydrogen-bond donors (Lipinski definition) is 0. The minimum atomic E-state index is -1.19. The van der Waals surface area contributed by atoms with E-state index in [0.717, 1.165) is 16.7 Å². The van der Waals surface area contributed by atoms with Crippen LogP contribution in [0.5, 0.6) is 0 Å². The maximum Gasteiger partial charge on any atom is 0.220 e. The standard InChI is InChI=1S/C32H38O7/c1-31(33-3)32(2,34-4)39-30-28(38-31)26(22-35-20-23-14-8-5-9-15-23)37-27(25-18-12-7-13-19-25)29(30)36-21-24-16-10-6-11-17-24/h5-19,26-30H,20-22H2,1-4H3/t26-,27+,28-,29-,30+,31+,32+/m1/s1. The van der Waals surface area contributed by atoms with Crippen LogP contribution in [-0.4, -0.2) is 56.8 Å². The lowest BCUT2D eigenvalue weighted by atomic mass is 9.88. The Kier molecular flexibility index (Phi) is 8.79. The molecule has 0 aliphatic carbocycles. The van der Waals surface area contributed by atoms with Gasteiger partial charge in [0.15, 0.2) is 0 Å². The van der Waals surface area contributed by atoms with Crippen molar-refractivity contribution in [3.05, 3.63) is 108 Å². The Balaban J connectivity index is 1.46. The van der Waals surface area contributed by atoms with Gasteiger partial charge in [-0.05, 0) is 30.5 Å². The average Bonchev–Trinajstić information content (AvgIpc) is 2.98. The molecular weight excluding hydrogens is 496 g/mol. The number of benzene rings is 3. The van der Waals surface area contributed by atoms with Gasteiger partial charge in [-0.25, -0.2) is 0 Å². The minimum Gasteiger partial charge on any atom is -0.374 e. The van der Waals surface area contributed by atoms with Crippen molar-refractivity contribution in [2.45, 2.75) is 69.2 Å². The number of rotatable bonds is 10. The highest BCUT2D eigenvalue weighted by atomic mass is 16.8. The molecule has 0 aromatic heterocycles. The Morgan fingerprint density at radius 1 is 0.667 bits per heavy atom. The molecule has 2 aliphatic rings. The van der Waals surface area contributed by atoms with Crippen LogP contribution in [0.1, 0.15) is 36.6 Å². The Bertz CT molecular complexity index is 1160. The van der Waals surface area contributed by atoms with E-state index in [2.05, 4.69) is 0 Å². The van der Waals surface area contributed by atoms with E-state index in [-0.39, 0.29) is 0 Å². The van der Waals surface area contributed by atoms with E-state index < -0.39 is 42.1 Å². The van der Waals surface area contributed by atoms with Gasteiger partial charge in [-0.2, -0.15) is 0 Å². The maximum atomic E-state index is 6.77. The van der Waals surface area contributed by atoms with Gasteiger partial charge in [0.25, 0.3) is 0 Å². The summed E-state index contributed by atoms with van der Waals surface area (Å²) in [4.78, 5) is 0. The fraction of sp³-hybridized carbons (Fsp3) is 0.438. The van der Waals surface area contributed by atoms with Crippen molar-refractivity contribution >= 4 is 0 Å². The van der Waals surface area contributed by atoms with Gasteiger partial charge < -0.3 is 33.2 Å². The van der Waals surface area contributed by atoms with E-state index in [4.69, 9.17) is 33.2 Å². The Morgan fingerprint density at radius 2 is 1.18 bits per heavy atom. The van der Waals surface area contributed by atoms with Gasteiger partial charge in [0, 0.05) is 14.2 Å². The number of methoxy groups -OCH3 is 2. The summed E-state index contributed by atoms with van der Waals surface area (Å²) >= 11 is 0. The molecule has 2 fully saturated rings.